The lowest BCUT2D eigenvalue weighted by atomic mass is 10.1. The van der Waals surface area contributed by atoms with E-state index in [2.05, 4.69) is 4.89 Å². The van der Waals surface area contributed by atoms with E-state index >= 15 is 0 Å². The quantitative estimate of drug-likeness (QED) is 0.482. The van der Waals surface area contributed by atoms with E-state index in [1.54, 1.807) is 0 Å². The van der Waals surface area contributed by atoms with Crippen LogP contribution in [0.5, 0.6) is 0 Å². The first kappa shape index (κ1) is 14.5. The van der Waals surface area contributed by atoms with Crippen molar-refractivity contribution in [2.45, 2.75) is 13.5 Å². The number of benzene rings is 2. The second kappa shape index (κ2) is 5.75. The van der Waals surface area contributed by atoms with Crippen molar-refractivity contribution in [1.82, 2.24) is 4.48 Å². The Morgan fingerprint density at radius 3 is 2.45 bits per heavy atom. The molecular weight excluding hydrogens is 278 g/mol. The molecule has 1 atom stereocenters. The fourth-order valence-electron chi connectivity index (χ4n) is 2.99. The van der Waals surface area contributed by atoms with Gasteiger partial charge in [0.05, 0.1) is 7.11 Å². The molecule has 3 rings (SSSR count). The molecular formula is C18H18NO3+. The maximum Gasteiger partial charge on any atom is 0.558 e. The van der Waals surface area contributed by atoms with Crippen LogP contribution >= 0.6 is 0 Å². The number of allylic oxidation sites excluding steroid dienone is 1. The van der Waals surface area contributed by atoms with Gasteiger partial charge in [0.1, 0.15) is 12.2 Å². The summed E-state index contributed by atoms with van der Waals surface area (Å²) in [5.41, 5.74) is 3.90. The zero-order valence-corrected chi connectivity index (χ0v) is 12.7. The van der Waals surface area contributed by atoms with Crippen molar-refractivity contribution < 1.29 is 14.6 Å². The van der Waals surface area contributed by atoms with Crippen molar-refractivity contribution in [2.75, 3.05) is 7.11 Å². The summed E-state index contributed by atoms with van der Waals surface area (Å²) in [6.45, 7) is 2.43. The Labute approximate surface area is 129 Å². The molecule has 4 nitrogen and oxygen atoms in total. The van der Waals surface area contributed by atoms with Gasteiger partial charge in [-0.15, -0.1) is 0 Å². The van der Waals surface area contributed by atoms with Crippen LogP contribution in [0.4, 0.5) is 10.5 Å². The van der Waals surface area contributed by atoms with E-state index in [1.165, 1.54) is 7.11 Å². The van der Waals surface area contributed by atoms with Gasteiger partial charge >= 0.3 is 6.09 Å². The molecule has 1 aliphatic heterocycles. The van der Waals surface area contributed by atoms with Crippen LogP contribution in [0.15, 0.2) is 60.3 Å². The number of hydrogen-bond acceptors (Lipinski definition) is 3. The summed E-state index contributed by atoms with van der Waals surface area (Å²) in [6, 6.07) is 17.8. The van der Waals surface area contributed by atoms with Gasteiger partial charge in [-0.3, -0.25) is 0 Å². The van der Waals surface area contributed by atoms with Crippen molar-refractivity contribution in [2.24, 2.45) is 0 Å². The molecule has 1 aliphatic rings. The van der Waals surface area contributed by atoms with Crippen LogP contribution in [-0.2, 0) is 16.3 Å². The molecule has 22 heavy (non-hydrogen) atoms. The molecule has 2 aromatic rings. The Hall–Kier alpha value is -2.43. The van der Waals surface area contributed by atoms with Crippen LogP contribution in [-0.4, -0.2) is 13.2 Å². The van der Waals surface area contributed by atoms with E-state index in [-0.39, 0.29) is 4.48 Å². The zero-order chi connectivity index (χ0) is 15.6. The van der Waals surface area contributed by atoms with E-state index in [0.29, 0.717) is 6.54 Å². The predicted octanol–water partition coefficient (Wildman–Crippen LogP) is 4.27. The van der Waals surface area contributed by atoms with Gasteiger partial charge in [0, 0.05) is 30.2 Å². The second-order valence-corrected chi connectivity index (χ2v) is 5.31. The van der Waals surface area contributed by atoms with Crippen LogP contribution in [0.3, 0.4) is 0 Å². The third-order valence-corrected chi connectivity index (χ3v) is 4.04. The SMILES string of the molecule is COOC(=O)[N+]1(Cc2ccccc2)C(C)=Cc2ccccc21. The first-order chi connectivity index (χ1) is 10.7. The predicted molar refractivity (Wildman–Crippen MR) is 85.5 cm³/mol. The second-order valence-electron chi connectivity index (χ2n) is 5.31. The minimum atomic E-state index is -0.440. The number of quaternary nitrogens is 1. The number of carbonyl (C=O) groups excluding carboxylic acids is 1. The third-order valence-electron chi connectivity index (χ3n) is 4.04. The Bertz CT molecular complexity index is 724. The van der Waals surface area contributed by atoms with Crippen molar-refractivity contribution >= 4 is 17.9 Å². The standard InChI is InChI=1S/C18H18NO3/c1-14-12-16-10-6-7-11-17(16)19(14,18(20)22-21-2)13-15-8-4-3-5-9-15/h3-12H,13H2,1-2H3/q+1. The van der Waals surface area contributed by atoms with Crippen molar-refractivity contribution in [3.05, 3.63) is 71.4 Å². The number of rotatable bonds is 3. The summed E-state index contributed by atoms with van der Waals surface area (Å²) in [4.78, 5) is 22.3. The highest BCUT2D eigenvalue weighted by Crippen LogP contribution is 2.42. The zero-order valence-electron chi connectivity index (χ0n) is 12.7. The van der Waals surface area contributed by atoms with Gasteiger partial charge in [0.2, 0.25) is 0 Å². The molecule has 0 bridgehead atoms. The first-order valence-corrected chi connectivity index (χ1v) is 7.14. The van der Waals surface area contributed by atoms with Crippen LogP contribution in [0, 0.1) is 0 Å². The fraction of sp³-hybridized carbons (Fsp3) is 0.167. The van der Waals surface area contributed by atoms with E-state index < -0.39 is 6.09 Å². The maximum atomic E-state index is 12.7. The van der Waals surface area contributed by atoms with Gasteiger partial charge in [-0.1, -0.05) is 42.5 Å². The fourth-order valence-corrected chi connectivity index (χ4v) is 2.99. The van der Waals surface area contributed by atoms with Crippen molar-refractivity contribution in [3.63, 3.8) is 0 Å². The molecule has 1 amide bonds. The van der Waals surface area contributed by atoms with Crippen molar-refractivity contribution in [1.29, 1.82) is 0 Å². The molecule has 4 heteroatoms. The summed E-state index contributed by atoms with van der Waals surface area (Å²) in [5, 5.41) is 0. The number of para-hydroxylation sites is 1. The molecule has 1 heterocycles. The van der Waals surface area contributed by atoms with E-state index in [1.807, 2.05) is 67.6 Å². The summed E-state index contributed by atoms with van der Waals surface area (Å²) >= 11 is 0. The lowest BCUT2D eigenvalue weighted by Crippen LogP contribution is -2.50. The van der Waals surface area contributed by atoms with Crippen LogP contribution in [0.1, 0.15) is 18.1 Å². The van der Waals surface area contributed by atoms with Crippen LogP contribution in [0.2, 0.25) is 0 Å². The Morgan fingerprint density at radius 2 is 1.73 bits per heavy atom. The molecule has 0 aromatic heterocycles. The average Bonchev–Trinajstić information content (AvgIpc) is 2.82. The number of hydrogen-bond donors (Lipinski definition) is 0. The van der Waals surface area contributed by atoms with Crippen LogP contribution < -0.4 is 4.48 Å². The summed E-state index contributed by atoms with van der Waals surface area (Å²) in [7, 11) is 1.35. The molecule has 2 aromatic carbocycles. The van der Waals surface area contributed by atoms with Crippen molar-refractivity contribution in [3.8, 4) is 0 Å². The first-order valence-electron chi connectivity index (χ1n) is 7.14. The highest BCUT2D eigenvalue weighted by Gasteiger charge is 2.49. The number of amides is 1. The van der Waals surface area contributed by atoms with Gasteiger partial charge in [-0.2, -0.15) is 14.2 Å². The Morgan fingerprint density at radius 1 is 1.05 bits per heavy atom. The molecule has 0 radical (unpaired) electrons. The molecule has 0 N–H and O–H groups in total. The van der Waals surface area contributed by atoms with Gasteiger partial charge in [-0.25, -0.2) is 4.89 Å². The summed E-state index contributed by atoms with van der Waals surface area (Å²) < 4.78 is -0.00593. The monoisotopic (exact) mass is 296 g/mol. The molecule has 0 saturated carbocycles. The van der Waals surface area contributed by atoms with Gasteiger partial charge in [0.25, 0.3) is 0 Å². The van der Waals surface area contributed by atoms with Gasteiger partial charge < -0.3 is 0 Å². The maximum absolute atomic E-state index is 12.7. The normalized spacial score (nSPS) is 19.5. The molecule has 0 spiro atoms. The third kappa shape index (κ3) is 2.22. The molecule has 0 saturated heterocycles. The lowest BCUT2D eigenvalue weighted by molar-refractivity contribution is -0.219. The molecule has 1 unspecified atom stereocenters. The van der Waals surface area contributed by atoms with Gasteiger partial charge in [-0.05, 0) is 6.07 Å². The number of carbonyl (C=O) groups is 1. The molecule has 0 aliphatic carbocycles. The topological polar surface area (TPSA) is 35.5 Å². The van der Waals surface area contributed by atoms with E-state index in [0.717, 1.165) is 22.5 Å². The lowest BCUT2D eigenvalue weighted by Gasteiger charge is -2.30. The van der Waals surface area contributed by atoms with Gasteiger partial charge in [0.15, 0.2) is 5.69 Å². The Kier molecular flexibility index (Phi) is 3.79. The molecule has 112 valence electrons. The van der Waals surface area contributed by atoms with E-state index in [4.69, 9.17) is 4.89 Å². The van der Waals surface area contributed by atoms with E-state index in [9.17, 15) is 4.79 Å². The average molecular weight is 296 g/mol. The molecule has 0 fully saturated rings. The number of fused-ring (bicyclic) bond motifs is 1. The smallest absolute Gasteiger partial charge is 0.244 e. The van der Waals surface area contributed by atoms with Crippen LogP contribution in [0.25, 0.3) is 6.08 Å². The summed E-state index contributed by atoms with van der Waals surface area (Å²) in [5.74, 6) is 0. The minimum Gasteiger partial charge on any atom is -0.244 e. The largest absolute Gasteiger partial charge is 0.558 e. The summed E-state index contributed by atoms with van der Waals surface area (Å²) in [6.07, 6.45) is 1.58. The number of nitrogens with zero attached hydrogens (tertiary/aromatic N) is 1. The minimum absolute atomic E-state index is 0.00593. The Balaban J connectivity index is 2.13. The highest BCUT2D eigenvalue weighted by atomic mass is 17.2. The highest BCUT2D eigenvalue weighted by molar-refractivity contribution is 5.93.